The third-order valence-electron chi connectivity index (χ3n) is 11.7. The van der Waals surface area contributed by atoms with Crippen LogP contribution in [-0.4, -0.2) is 12.1 Å². The number of allylic oxidation sites excluding steroid dienone is 5. The Morgan fingerprint density at radius 3 is 2.33 bits per heavy atom. The molecule has 0 N–H and O–H groups in total. The van der Waals surface area contributed by atoms with E-state index in [2.05, 4.69) is 83.2 Å². The number of hydrogen-bond acceptors (Lipinski definition) is 2. The predicted octanol–water partition coefficient (Wildman–Crippen LogP) is 9.84. The molecule has 0 bridgehead atoms. The molecule has 0 saturated heterocycles. The molecule has 2 aromatic carbocycles. The molecule has 210 valence electrons. The van der Waals surface area contributed by atoms with Crippen LogP contribution in [0.15, 0.2) is 89.5 Å². The molecule has 0 unspecified atom stereocenters. The first-order valence-corrected chi connectivity index (χ1v) is 15.6. The molecule has 40 heavy (non-hydrogen) atoms. The SMILES string of the molecule is C[C@H](C=Cc1ccccc1)[C@H]1CC=C2C3=C(CC[C@@]21C)[C@@]1(C)CC[C@H](OC(=O)c2ccccc2)C(C)(C)[C@@H]1CC3. The van der Waals surface area contributed by atoms with E-state index in [0.717, 1.165) is 12.8 Å². The lowest BCUT2D eigenvalue weighted by molar-refractivity contribution is -0.0992. The molecule has 1 saturated carbocycles. The first-order chi connectivity index (χ1) is 19.1. The van der Waals surface area contributed by atoms with E-state index in [1.165, 1.54) is 37.7 Å². The maximum atomic E-state index is 13.0. The van der Waals surface area contributed by atoms with E-state index in [1.807, 2.05) is 30.3 Å². The maximum absolute atomic E-state index is 13.0. The van der Waals surface area contributed by atoms with Gasteiger partial charge in [0.2, 0.25) is 0 Å². The molecule has 4 aliphatic carbocycles. The number of fused-ring (bicyclic) bond motifs is 4. The highest BCUT2D eigenvalue weighted by Crippen LogP contribution is 2.66. The van der Waals surface area contributed by atoms with E-state index in [0.29, 0.717) is 23.3 Å². The van der Waals surface area contributed by atoms with Crippen LogP contribution < -0.4 is 0 Å². The lowest BCUT2D eigenvalue weighted by atomic mass is 9.46. The summed E-state index contributed by atoms with van der Waals surface area (Å²) in [5.74, 6) is 1.55. The molecule has 6 atom stereocenters. The smallest absolute Gasteiger partial charge is 0.338 e. The van der Waals surface area contributed by atoms with Crippen molar-refractivity contribution in [2.75, 3.05) is 0 Å². The Kier molecular flexibility index (Phi) is 6.96. The van der Waals surface area contributed by atoms with Gasteiger partial charge >= 0.3 is 5.97 Å². The van der Waals surface area contributed by atoms with Gasteiger partial charge < -0.3 is 4.74 Å². The van der Waals surface area contributed by atoms with Crippen LogP contribution in [0.5, 0.6) is 0 Å². The largest absolute Gasteiger partial charge is 0.458 e. The van der Waals surface area contributed by atoms with Crippen molar-refractivity contribution in [2.24, 2.45) is 34.0 Å². The minimum atomic E-state index is -0.177. The Balaban J connectivity index is 1.22. The van der Waals surface area contributed by atoms with E-state index in [4.69, 9.17) is 4.74 Å². The molecule has 0 amide bonds. The number of esters is 1. The van der Waals surface area contributed by atoms with Crippen LogP contribution in [0.4, 0.5) is 0 Å². The fourth-order valence-corrected chi connectivity index (χ4v) is 9.44. The first-order valence-electron chi connectivity index (χ1n) is 15.6. The lowest BCUT2D eigenvalue weighted by Crippen LogP contribution is -2.54. The molecule has 6 rings (SSSR count). The Labute approximate surface area is 241 Å². The quantitative estimate of drug-likeness (QED) is 0.357. The van der Waals surface area contributed by atoms with Crippen LogP contribution in [0.2, 0.25) is 0 Å². The molecule has 0 aliphatic heterocycles. The molecule has 1 fully saturated rings. The van der Waals surface area contributed by atoms with Crippen LogP contribution in [0.1, 0.15) is 95.5 Å². The average Bonchev–Trinajstić information content (AvgIpc) is 3.31. The third-order valence-corrected chi connectivity index (χ3v) is 11.7. The molecular weight excluding hydrogens is 488 g/mol. The standard InChI is InChI=1S/C38H46O2/c1-26(16-17-27-12-8-6-9-13-27)30-19-20-31-29-18-21-33-36(2,3)34(40-35(39)28-14-10-7-11-15-28)23-25-38(33,5)32(29)22-24-37(30,31)4/h6-17,20,26,30,33-34H,18-19,21-25H2,1-5H3/t26-,30-,33+,34+,37-,38-/m1/s1. The van der Waals surface area contributed by atoms with Gasteiger partial charge in [0, 0.05) is 5.41 Å². The van der Waals surface area contributed by atoms with Crippen molar-refractivity contribution in [1.82, 2.24) is 0 Å². The summed E-state index contributed by atoms with van der Waals surface area (Å²) >= 11 is 0. The second kappa shape index (κ2) is 10.2. The summed E-state index contributed by atoms with van der Waals surface area (Å²) in [7, 11) is 0. The van der Waals surface area contributed by atoms with Crippen molar-refractivity contribution < 1.29 is 9.53 Å². The molecule has 0 aromatic heterocycles. The first kappa shape index (κ1) is 27.3. The van der Waals surface area contributed by atoms with Gasteiger partial charge in [0.1, 0.15) is 6.10 Å². The minimum absolute atomic E-state index is 0.0402. The van der Waals surface area contributed by atoms with Crippen molar-refractivity contribution in [3.63, 3.8) is 0 Å². The fourth-order valence-electron chi connectivity index (χ4n) is 9.44. The van der Waals surface area contributed by atoms with Gasteiger partial charge in [0.15, 0.2) is 0 Å². The van der Waals surface area contributed by atoms with E-state index in [1.54, 1.807) is 16.7 Å². The Morgan fingerprint density at radius 1 is 0.900 bits per heavy atom. The van der Waals surface area contributed by atoms with Gasteiger partial charge in [0.05, 0.1) is 5.56 Å². The highest BCUT2D eigenvalue weighted by atomic mass is 16.5. The second-order valence-corrected chi connectivity index (χ2v) is 14.1. The molecule has 2 heteroatoms. The van der Waals surface area contributed by atoms with Crippen LogP contribution >= 0.6 is 0 Å². The molecule has 0 radical (unpaired) electrons. The monoisotopic (exact) mass is 534 g/mol. The normalized spacial score (nSPS) is 33.5. The van der Waals surface area contributed by atoms with Gasteiger partial charge in [-0.15, -0.1) is 0 Å². The van der Waals surface area contributed by atoms with Crippen LogP contribution in [0.25, 0.3) is 6.08 Å². The number of ether oxygens (including phenoxy) is 1. The zero-order valence-electron chi connectivity index (χ0n) is 25.1. The molecule has 2 aromatic rings. The average molecular weight is 535 g/mol. The number of benzene rings is 2. The number of hydrogen-bond donors (Lipinski definition) is 0. The van der Waals surface area contributed by atoms with Crippen LogP contribution in [-0.2, 0) is 4.74 Å². The van der Waals surface area contributed by atoms with Crippen molar-refractivity contribution in [2.45, 2.75) is 85.7 Å². The van der Waals surface area contributed by atoms with Crippen molar-refractivity contribution >= 4 is 12.0 Å². The van der Waals surface area contributed by atoms with Gasteiger partial charge in [-0.05, 0) is 102 Å². The zero-order valence-corrected chi connectivity index (χ0v) is 25.1. The van der Waals surface area contributed by atoms with Gasteiger partial charge in [0.25, 0.3) is 0 Å². The third kappa shape index (κ3) is 4.43. The summed E-state index contributed by atoms with van der Waals surface area (Å²) in [6.07, 6.45) is 15.4. The summed E-state index contributed by atoms with van der Waals surface area (Å²) in [5, 5.41) is 0. The van der Waals surface area contributed by atoms with Gasteiger partial charge in [-0.2, -0.15) is 0 Å². The summed E-state index contributed by atoms with van der Waals surface area (Å²) in [6, 6.07) is 20.2. The Morgan fingerprint density at radius 2 is 1.60 bits per heavy atom. The highest BCUT2D eigenvalue weighted by molar-refractivity contribution is 5.89. The Bertz CT molecular complexity index is 1350. The predicted molar refractivity (Wildman–Crippen MR) is 165 cm³/mol. The second-order valence-electron chi connectivity index (χ2n) is 14.1. The summed E-state index contributed by atoms with van der Waals surface area (Å²) < 4.78 is 6.23. The van der Waals surface area contributed by atoms with E-state index in [-0.39, 0.29) is 28.3 Å². The summed E-state index contributed by atoms with van der Waals surface area (Å²) in [5.41, 5.74) is 7.45. The van der Waals surface area contributed by atoms with Crippen molar-refractivity contribution in [3.8, 4) is 0 Å². The summed E-state index contributed by atoms with van der Waals surface area (Å²) in [4.78, 5) is 13.0. The fraction of sp³-hybridized carbons (Fsp3) is 0.500. The Hall–Kier alpha value is -2.87. The molecule has 2 nitrogen and oxygen atoms in total. The number of carbonyl (C=O) groups is 1. The maximum Gasteiger partial charge on any atom is 0.338 e. The number of rotatable bonds is 5. The lowest BCUT2D eigenvalue weighted by Gasteiger charge is -2.59. The summed E-state index contributed by atoms with van der Waals surface area (Å²) in [6.45, 7) is 12.3. The van der Waals surface area contributed by atoms with Gasteiger partial charge in [-0.25, -0.2) is 4.79 Å². The van der Waals surface area contributed by atoms with Crippen LogP contribution in [0.3, 0.4) is 0 Å². The molecule has 0 heterocycles. The van der Waals surface area contributed by atoms with E-state index in [9.17, 15) is 4.79 Å². The molecule has 0 spiro atoms. The molecular formula is C38H46O2. The topological polar surface area (TPSA) is 26.3 Å². The zero-order chi connectivity index (χ0) is 28.1. The highest BCUT2D eigenvalue weighted by Gasteiger charge is 2.58. The number of carbonyl (C=O) groups excluding carboxylic acids is 1. The van der Waals surface area contributed by atoms with Gasteiger partial charge in [-0.3, -0.25) is 0 Å². The van der Waals surface area contributed by atoms with E-state index < -0.39 is 0 Å². The van der Waals surface area contributed by atoms with Crippen molar-refractivity contribution in [1.29, 1.82) is 0 Å². The van der Waals surface area contributed by atoms with E-state index >= 15 is 0 Å². The minimum Gasteiger partial charge on any atom is -0.458 e. The van der Waals surface area contributed by atoms with Gasteiger partial charge in [-0.1, -0.05) is 107 Å². The van der Waals surface area contributed by atoms with Crippen LogP contribution in [0, 0.1) is 34.0 Å². The van der Waals surface area contributed by atoms with Crippen molar-refractivity contribution in [3.05, 3.63) is 101 Å². The molecule has 4 aliphatic rings.